The smallest absolute Gasteiger partial charge is 0.0104 e. The fourth-order valence-electron chi connectivity index (χ4n) is 1.83. The second-order valence-corrected chi connectivity index (χ2v) is 4.20. The molecule has 0 atom stereocenters. The second kappa shape index (κ2) is 3.95. The second-order valence-electron chi connectivity index (χ2n) is 4.20. The highest BCUT2D eigenvalue weighted by Crippen LogP contribution is 2.22. The van der Waals surface area contributed by atoms with Gasteiger partial charge in [-0.2, -0.15) is 0 Å². The maximum atomic E-state index is 7.57. The van der Waals surface area contributed by atoms with Crippen molar-refractivity contribution in [3.8, 4) is 0 Å². The quantitative estimate of drug-likeness (QED) is 0.688. The molecule has 0 bridgehead atoms. The Balaban J connectivity index is 3.31. The van der Waals surface area contributed by atoms with Crippen LogP contribution in [0.1, 0.15) is 34.7 Å². The summed E-state index contributed by atoms with van der Waals surface area (Å²) in [5.74, 6) is 0. The van der Waals surface area contributed by atoms with Crippen LogP contribution in [0.4, 0.5) is 0 Å². The van der Waals surface area contributed by atoms with Crippen LogP contribution in [0.25, 0.3) is 0 Å². The maximum absolute atomic E-state index is 7.57. The Kier molecular flexibility index (Phi) is 3.10. The zero-order valence-electron chi connectivity index (χ0n) is 9.78. The molecule has 0 saturated carbocycles. The molecule has 0 amide bonds. The summed E-state index contributed by atoms with van der Waals surface area (Å²) < 4.78 is 0. The molecule has 0 aliphatic rings. The van der Waals surface area contributed by atoms with Crippen molar-refractivity contribution in [3.63, 3.8) is 0 Å². The van der Waals surface area contributed by atoms with Gasteiger partial charge in [-0.05, 0) is 62.4 Å². The van der Waals surface area contributed by atoms with Gasteiger partial charge in [0.2, 0.25) is 0 Å². The number of benzene rings is 1. The molecule has 0 heterocycles. The molecule has 0 aliphatic carbocycles. The summed E-state index contributed by atoms with van der Waals surface area (Å²) in [4.78, 5) is 0. The van der Waals surface area contributed by atoms with Gasteiger partial charge in [-0.3, -0.25) is 0 Å². The molecule has 0 unspecified atom stereocenters. The summed E-state index contributed by atoms with van der Waals surface area (Å²) in [7, 11) is 0. The van der Waals surface area contributed by atoms with Gasteiger partial charge in [0.1, 0.15) is 0 Å². The molecule has 0 saturated heterocycles. The van der Waals surface area contributed by atoms with E-state index in [1.807, 2.05) is 6.92 Å². The van der Waals surface area contributed by atoms with E-state index >= 15 is 0 Å². The summed E-state index contributed by atoms with van der Waals surface area (Å²) in [6.45, 7) is 10.5. The molecule has 0 fully saturated rings. The zero-order chi connectivity index (χ0) is 10.9. The van der Waals surface area contributed by atoms with Gasteiger partial charge in [0.25, 0.3) is 0 Å². The fraction of sp³-hybridized carbons (Fsp3) is 0.462. The van der Waals surface area contributed by atoms with E-state index in [1.54, 1.807) is 0 Å². The lowest BCUT2D eigenvalue weighted by molar-refractivity contribution is 1.12. The van der Waals surface area contributed by atoms with Crippen molar-refractivity contribution in [2.45, 2.75) is 41.0 Å². The average molecular weight is 189 g/mol. The first kappa shape index (κ1) is 11.0. The molecule has 0 aliphatic heterocycles. The van der Waals surface area contributed by atoms with Crippen LogP contribution >= 0.6 is 0 Å². The van der Waals surface area contributed by atoms with Gasteiger partial charge in [-0.15, -0.1) is 0 Å². The van der Waals surface area contributed by atoms with Crippen molar-refractivity contribution in [2.24, 2.45) is 0 Å². The third kappa shape index (κ3) is 2.03. The molecule has 0 spiro atoms. The lowest BCUT2D eigenvalue weighted by Gasteiger charge is -2.14. The molecule has 0 radical (unpaired) electrons. The van der Waals surface area contributed by atoms with Gasteiger partial charge in [0, 0.05) is 12.1 Å². The topological polar surface area (TPSA) is 23.9 Å². The van der Waals surface area contributed by atoms with Crippen LogP contribution in [0, 0.1) is 33.1 Å². The highest BCUT2D eigenvalue weighted by molar-refractivity contribution is 5.82. The van der Waals surface area contributed by atoms with Crippen LogP contribution in [0.2, 0.25) is 0 Å². The minimum absolute atomic E-state index is 0.737. The summed E-state index contributed by atoms with van der Waals surface area (Å²) in [5, 5.41) is 7.57. The van der Waals surface area contributed by atoms with Crippen molar-refractivity contribution in [3.05, 3.63) is 33.9 Å². The minimum Gasteiger partial charge on any atom is -0.310 e. The van der Waals surface area contributed by atoms with Crippen molar-refractivity contribution < 1.29 is 0 Å². The fourth-order valence-corrected chi connectivity index (χ4v) is 1.83. The number of aryl methyl sites for hydroxylation is 2. The number of hydrogen-bond donors (Lipinski definition) is 1. The first-order valence-corrected chi connectivity index (χ1v) is 5.03. The van der Waals surface area contributed by atoms with E-state index in [0.717, 1.165) is 12.1 Å². The van der Waals surface area contributed by atoms with Crippen molar-refractivity contribution in [1.82, 2.24) is 0 Å². The third-order valence-electron chi connectivity index (χ3n) is 2.96. The standard InChI is InChI=1S/C13H19N/c1-8-6-9(2)12(5)13(11(8)4)7-10(3)14/h6,14H,7H2,1-5H3. The highest BCUT2D eigenvalue weighted by Gasteiger charge is 2.08. The van der Waals surface area contributed by atoms with Crippen LogP contribution in [-0.4, -0.2) is 5.71 Å². The van der Waals surface area contributed by atoms with Crippen LogP contribution in [0.5, 0.6) is 0 Å². The Labute approximate surface area is 86.7 Å². The summed E-state index contributed by atoms with van der Waals surface area (Å²) in [6.07, 6.45) is 0.792. The molecule has 1 N–H and O–H groups in total. The predicted octanol–water partition coefficient (Wildman–Crippen LogP) is 3.50. The van der Waals surface area contributed by atoms with E-state index in [4.69, 9.17) is 5.41 Å². The van der Waals surface area contributed by atoms with E-state index in [1.165, 1.54) is 27.8 Å². The average Bonchev–Trinajstić information content (AvgIpc) is 2.09. The van der Waals surface area contributed by atoms with Gasteiger partial charge in [0.05, 0.1) is 0 Å². The lowest BCUT2D eigenvalue weighted by Crippen LogP contribution is -2.04. The first-order valence-electron chi connectivity index (χ1n) is 5.03. The zero-order valence-corrected chi connectivity index (χ0v) is 9.78. The normalized spacial score (nSPS) is 10.4. The SMILES string of the molecule is CC(=N)Cc1c(C)c(C)cc(C)c1C. The number of hydrogen-bond acceptors (Lipinski definition) is 1. The summed E-state index contributed by atoms with van der Waals surface area (Å²) in [5.41, 5.74) is 7.45. The summed E-state index contributed by atoms with van der Waals surface area (Å²) in [6, 6.07) is 2.23. The van der Waals surface area contributed by atoms with Crippen LogP contribution < -0.4 is 0 Å². The largest absolute Gasteiger partial charge is 0.310 e. The molecule has 1 rings (SSSR count). The van der Waals surface area contributed by atoms with Gasteiger partial charge in [-0.1, -0.05) is 6.07 Å². The molecular weight excluding hydrogens is 170 g/mol. The van der Waals surface area contributed by atoms with Gasteiger partial charge in [-0.25, -0.2) is 0 Å². The van der Waals surface area contributed by atoms with Crippen molar-refractivity contribution in [1.29, 1.82) is 5.41 Å². The van der Waals surface area contributed by atoms with Crippen molar-refractivity contribution >= 4 is 5.71 Å². The van der Waals surface area contributed by atoms with Gasteiger partial charge >= 0.3 is 0 Å². The summed E-state index contributed by atoms with van der Waals surface area (Å²) >= 11 is 0. The lowest BCUT2D eigenvalue weighted by atomic mass is 9.91. The monoisotopic (exact) mass is 189 g/mol. The van der Waals surface area contributed by atoms with Gasteiger partial charge < -0.3 is 5.41 Å². The number of rotatable bonds is 2. The Morgan fingerprint density at radius 2 is 1.50 bits per heavy atom. The Morgan fingerprint density at radius 1 is 1.07 bits per heavy atom. The predicted molar refractivity (Wildman–Crippen MR) is 62.5 cm³/mol. The van der Waals surface area contributed by atoms with E-state index in [0.29, 0.717) is 0 Å². The molecule has 1 aromatic carbocycles. The Hall–Kier alpha value is -1.11. The van der Waals surface area contributed by atoms with E-state index in [9.17, 15) is 0 Å². The van der Waals surface area contributed by atoms with E-state index in [2.05, 4.69) is 33.8 Å². The molecule has 14 heavy (non-hydrogen) atoms. The maximum Gasteiger partial charge on any atom is 0.0104 e. The molecular formula is C13H19N. The Bertz CT molecular complexity index is 349. The highest BCUT2D eigenvalue weighted by atomic mass is 14.4. The van der Waals surface area contributed by atoms with Crippen LogP contribution in [0.15, 0.2) is 6.07 Å². The number of nitrogens with one attached hydrogen (secondary N) is 1. The van der Waals surface area contributed by atoms with E-state index < -0.39 is 0 Å². The Morgan fingerprint density at radius 3 is 1.86 bits per heavy atom. The molecule has 1 aromatic rings. The first-order chi connectivity index (χ1) is 6.43. The van der Waals surface area contributed by atoms with Crippen molar-refractivity contribution in [2.75, 3.05) is 0 Å². The molecule has 76 valence electrons. The van der Waals surface area contributed by atoms with E-state index in [-0.39, 0.29) is 0 Å². The van der Waals surface area contributed by atoms with Gasteiger partial charge in [0.15, 0.2) is 0 Å². The molecule has 0 aromatic heterocycles. The minimum atomic E-state index is 0.737. The van der Waals surface area contributed by atoms with Crippen LogP contribution in [-0.2, 0) is 6.42 Å². The third-order valence-corrected chi connectivity index (χ3v) is 2.96. The van der Waals surface area contributed by atoms with Crippen LogP contribution in [0.3, 0.4) is 0 Å². The molecule has 1 nitrogen and oxygen atoms in total. The molecule has 1 heteroatoms.